The zero-order chi connectivity index (χ0) is 13.6. The summed E-state index contributed by atoms with van der Waals surface area (Å²) in [5.74, 6) is -1.73. The number of likely N-dealkylation sites (N-methyl/N-ethyl adjacent to an activating group) is 1. The van der Waals surface area contributed by atoms with Crippen molar-refractivity contribution in [2.45, 2.75) is 26.3 Å². The van der Waals surface area contributed by atoms with Gasteiger partial charge in [0, 0.05) is 13.1 Å². The molecule has 0 aromatic heterocycles. The lowest BCUT2D eigenvalue weighted by Crippen LogP contribution is -2.49. The molecule has 98 valence electrons. The van der Waals surface area contributed by atoms with Gasteiger partial charge < -0.3 is 20.6 Å². The minimum atomic E-state index is -1.09. The van der Waals surface area contributed by atoms with E-state index in [0.717, 1.165) is 4.90 Å². The zero-order valence-electron chi connectivity index (χ0n) is 10.3. The number of nitrogens with two attached hydrogens (primary N) is 1. The molecular formula is C10H19N3O4. The van der Waals surface area contributed by atoms with E-state index in [1.165, 1.54) is 11.9 Å². The number of hydrogen-bond donors (Lipinski definition) is 2. The van der Waals surface area contributed by atoms with E-state index in [1.54, 1.807) is 6.92 Å². The van der Waals surface area contributed by atoms with E-state index in [0.29, 0.717) is 6.42 Å². The molecule has 0 bridgehead atoms. The van der Waals surface area contributed by atoms with Crippen LogP contribution in [0.3, 0.4) is 0 Å². The number of primary amides is 1. The lowest BCUT2D eigenvalue weighted by atomic mass is 10.2. The Morgan fingerprint density at radius 3 is 2.18 bits per heavy atom. The summed E-state index contributed by atoms with van der Waals surface area (Å²) in [5.41, 5.74) is 4.97. The van der Waals surface area contributed by atoms with Gasteiger partial charge in [-0.25, -0.2) is 4.79 Å². The van der Waals surface area contributed by atoms with Crippen molar-refractivity contribution in [3.8, 4) is 0 Å². The number of rotatable bonds is 6. The quantitative estimate of drug-likeness (QED) is 0.670. The minimum absolute atomic E-state index is 0.214. The molecular weight excluding hydrogens is 226 g/mol. The number of hydrogen-bond acceptors (Lipinski definition) is 3. The molecule has 3 N–H and O–H groups in total. The van der Waals surface area contributed by atoms with Crippen LogP contribution in [0, 0.1) is 0 Å². The predicted molar refractivity (Wildman–Crippen MR) is 61.3 cm³/mol. The molecule has 0 saturated carbocycles. The second kappa shape index (κ2) is 6.72. The van der Waals surface area contributed by atoms with E-state index >= 15 is 0 Å². The van der Waals surface area contributed by atoms with Gasteiger partial charge in [-0.05, 0) is 13.3 Å². The van der Waals surface area contributed by atoms with Crippen molar-refractivity contribution in [2.24, 2.45) is 5.73 Å². The maximum atomic E-state index is 11.9. The van der Waals surface area contributed by atoms with Crippen LogP contribution in [-0.4, -0.2) is 59.0 Å². The van der Waals surface area contributed by atoms with Gasteiger partial charge in [-0.3, -0.25) is 9.59 Å². The first-order valence-corrected chi connectivity index (χ1v) is 5.31. The molecule has 0 aliphatic heterocycles. The molecule has 17 heavy (non-hydrogen) atoms. The van der Waals surface area contributed by atoms with E-state index in [9.17, 15) is 14.4 Å². The van der Waals surface area contributed by atoms with Crippen molar-refractivity contribution < 1.29 is 19.5 Å². The van der Waals surface area contributed by atoms with Crippen LogP contribution in [0.15, 0.2) is 0 Å². The summed E-state index contributed by atoms with van der Waals surface area (Å²) in [4.78, 5) is 35.6. The second-order valence-corrected chi connectivity index (χ2v) is 3.88. The average Bonchev–Trinajstić information content (AvgIpc) is 2.22. The summed E-state index contributed by atoms with van der Waals surface area (Å²) < 4.78 is 0. The summed E-state index contributed by atoms with van der Waals surface area (Å²) in [6.07, 6.45) is 0.628. The fraction of sp³-hybridized carbons (Fsp3) is 0.700. The highest BCUT2D eigenvalue weighted by atomic mass is 16.4. The van der Waals surface area contributed by atoms with Gasteiger partial charge in [-0.15, -0.1) is 0 Å². The van der Waals surface area contributed by atoms with Gasteiger partial charge in [0.2, 0.25) is 5.91 Å². The van der Waals surface area contributed by atoms with Gasteiger partial charge in [0.1, 0.15) is 13.1 Å². The third-order valence-corrected chi connectivity index (χ3v) is 2.39. The van der Waals surface area contributed by atoms with Crippen LogP contribution in [-0.2, 0) is 9.59 Å². The minimum Gasteiger partial charge on any atom is -0.480 e. The molecule has 1 unspecified atom stereocenters. The second-order valence-electron chi connectivity index (χ2n) is 3.88. The van der Waals surface area contributed by atoms with Crippen LogP contribution < -0.4 is 5.73 Å². The molecule has 0 aliphatic rings. The molecule has 0 heterocycles. The summed E-state index contributed by atoms with van der Waals surface area (Å²) in [5, 5.41) is 8.74. The van der Waals surface area contributed by atoms with E-state index in [-0.39, 0.29) is 12.6 Å². The fourth-order valence-electron chi connectivity index (χ4n) is 1.30. The largest absolute Gasteiger partial charge is 0.480 e. The van der Waals surface area contributed by atoms with Gasteiger partial charge in [0.15, 0.2) is 0 Å². The van der Waals surface area contributed by atoms with Crippen LogP contribution in [0.2, 0.25) is 0 Å². The van der Waals surface area contributed by atoms with Crippen molar-refractivity contribution in [3.05, 3.63) is 0 Å². The predicted octanol–water partition coefficient (Wildman–Crippen LogP) is -0.291. The number of aliphatic carboxylic acids is 1. The Labute approximate surface area is 100 Å². The number of nitrogens with zero attached hydrogens (tertiary/aromatic N) is 2. The molecule has 0 rings (SSSR count). The third-order valence-electron chi connectivity index (χ3n) is 2.39. The number of amides is 3. The van der Waals surface area contributed by atoms with Gasteiger partial charge in [0.25, 0.3) is 0 Å². The van der Waals surface area contributed by atoms with Crippen LogP contribution in [0.25, 0.3) is 0 Å². The number of carbonyl (C=O) groups is 3. The molecule has 0 spiro atoms. The van der Waals surface area contributed by atoms with E-state index < -0.39 is 24.5 Å². The molecule has 1 atom stereocenters. The molecule has 0 aromatic carbocycles. The standard InChI is InChI=1S/C10H19N3O4/c1-4-7(2)13(6-9(15)16)10(17)12(3)5-8(11)14/h7H,4-6H2,1-3H3,(H2,11,14)(H,15,16). The summed E-state index contributed by atoms with van der Waals surface area (Å²) in [7, 11) is 1.41. The van der Waals surface area contributed by atoms with Gasteiger partial charge in [0.05, 0.1) is 0 Å². The Bertz CT molecular complexity index is 306. The first kappa shape index (κ1) is 15.2. The lowest BCUT2D eigenvalue weighted by Gasteiger charge is -2.30. The average molecular weight is 245 g/mol. The van der Waals surface area contributed by atoms with Crippen LogP contribution in [0.5, 0.6) is 0 Å². The van der Waals surface area contributed by atoms with E-state index in [4.69, 9.17) is 10.8 Å². The topological polar surface area (TPSA) is 104 Å². The molecule has 0 radical (unpaired) electrons. The first-order chi connectivity index (χ1) is 7.79. The number of carboxylic acids is 1. The maximum Gasteiger partial charge on any atom is 0.323 e. The highest BCUT2D eigenvalue weighted by Gasteiger charge is 2.24. The normalized spacial score (nSPS) is 11.7. The molecule has 0 aromatic rings. The number of urea groups is 1. The van der Waals surface area contributed by atoms with Crippen LogP contribution >= 0.6 is 0 Å². The van der Waals surface area contributed by atoms with Crippen LogP contribution in [0.1, 0.15) is 20.3 Å². The zero-order valence-corrected chi connectivity index (χ0v) is 10.3. The molecule has 3 amide bonds. The molecule has 0 aliphatic carbocycles. The van der Waals surface area contributed by atoms with Crippen molar-refractivity contribution in [2.75, 3.05) is 20.1 Å². The van der Waals surface area contributed by atoms with Gasteiger partial charge in [-0.2, -0.15) is 0 Å². The maximum absolute atomic E-state index is 11.9. The van der Waals surface area contributed by atoms with Gasteiger partial charge in [-0.1, -0.05) is 6.92 Å². The fourth-order valence-corrected chi connectivity index (χ4v) is 1.30. The Morgan fingerprint density at radius 2 is 1.82 bits per heavy atom. The highest BCUT2D eigenvalue weighted by Crippen LogP contribution is 2.06. The Kier molecular flexibility index (Phi) is 6.01. The molecule has 7 heteroatoms. The van der Waals surface area contributed by atoms with Crippen molar-refractivity contribution >= 4 is 17.9 Å². The van der Waals surface area contributed by atoms with Gasteiger partial charge >= 0.3 is 12.0 Å². The molecule has 0 fully saturated rings. The third kappa shape index (κ3) is 5.19. The van der Waals surface area contributed by atoms with E-state index in [1.807, 2.05) is 6.92 Å². The molecule has 7 nitrogen and oxygen atoms in total. The van der Waals surface area contributed by atoms with Crippen molar-refractivity contribution in [1.82, 2.24) is 9.80 Å². The number of carboxylic acid groups (broad SMARTS) is 1. The Morgan fingerprint density at radius 1 is 1.29 bits per heavy atom. The summed E-state index contributed by atoms with van der Waals surface area (Å²) >= 11 is 0. The van der Waals surface area contributed by atoms with Crippen molar-refractivity contribution in [1.29, 1.82) is 0 Å². The number of carbonyl (C=O) groups excluding carboxylic acids is 2. The first-order valence-electron chi connectivity index (χ1n) is 5.31. The summed E-state index contributed by atoms with van der Waals surface area (Å²) in [6, 6.07) is -0.727. The lowest BCUT2D eigenvalue weighted by molar-refractivity contribution is -0.138. The van der Waals surface area contributed by atoms with Crippen molar-refractivity contribution in [3.63, 3.8) is 0 Å². The monoisotopic (exact) mass is 245 g/mol. The highest BCUT2D eigenvalue weighted by molar-refractivity contribution is 5.84. The molecule has 0 saturated heterocycles. The van der Waals surface area contributed by atoms with E-state index in [2.05, 4.69) is 0 Å². The SMILES string of the molecule is CCC(C)N(CC(=O)O)C(=O)N(C)CC(N)=O. The summed E-state index contributed by atoms with van der Waals surface area (Å²) in [6.45, 7) is 2.97. The van der Waals surface area contributed by atoms with Crippen LogP contribution in [0.4, 0.5) is 4.79 Å². The Balaban J connectivity index is 4.73. The smallest absolute Gasteiger partial charge is 0.323 e. The Hall–Kier alpha value is -1.79.